The van der Waals surface area contributed by atoms with Crippen molar-refractivity contribution in [1.29, 1.82) is 0 Å². The summed E-state index contributed by atoms with van der Waals surface area (Å²) in [6.45, 7) is 2.86. The SMILES string of the molecule is C[Se][P@@]1(=S)OCC[C@H](C)O1. The Morgan fingerprint density at radius 3 is 2.80 bits per heavy atom. The molecule has 0 radical (unpaired) electrons. The van der Waals surface area contributed by atoms with E-state index in [1.54, 1.807) is 0 Å². The van der Waals surface area contributed by atoms with E-state index in [9.17, 15) is 0 Å². The molecule has 0 aromatic heterocycles. The first-order chi connectivity index (χ1) is 4.66. The molecule has 1 rings (SSSR count). The van der Waals surface area contributed by atoms with Gasteiger partial charge < -0.3 is 0 Å². The van der Waals surface area contributed by atoms with E-state index in [1.165, 1.54) is 0 Å². The van der Waals surface area contributed by atoms with Crippen LogP contribution in [0, 0.1) is 0 Å². The van der Waals surface area contributed by atoms with Crippen LogP contribution in [0.3, 0.4) is 0 Å². The first kappa shape index (κ1) is 9.18. The molecule has 2 atom stereocenters. The van der Waals surface area contributed by atoms with Gasteiger partial charge in [0.15, 0.2) is 0 Å². The quantitative estimate of drug-likeness (QED) is 0.518. The van der Waals surface area contributed by atoms with Crippen LogP contribution >= 0.6 is 5.18 Å². The molecule has 0 bridgehead atoms. The molecule has 0 saturated carbocycles. The van der Waals surface area contributed by atoms with Crippen LogP contribution in [0.4, 0.5) is 0 Å². The molecule has 1 fully saturated rings. The van der Waals surface area contributed by atoms with Gasteiger partial charge in [0.05, 0.1) is 0 Å². The molecule has 2 nitrogen and oxygen atoms in total. The molecule has 0 unspecified atom stereocenters. The van der Waals surface area contributed by atoms with Gasteiger partial charge >= 0.3 is 72.4 Å². The zero-order valence-corrected chi connectivity index (χ0v) is 9.50. The standard InChI is InChI=1S/C5H11O2PSSe/c1-5-3-4-6-8(9,7-5)10-2/h5H,3-4H2,1-2H3/t5-,8-/m0/s1. The predicted octanol–water partition coefficient (Wildman–Crippen LogP) is 1.79. The number of hydrogen-bond acceptors (Lipinski definition) is 3. The summed E-state index contributed by atoms with van der Waals surface area (Å²) in [5.74, 6) is 2.09. The molecular formula is C5H11O2PSSe. The summed E-state index contributed by atoms with van der Waals surface area (Å²) in [6, 6.07) is 0. The maximum absolute atomic E-state index is 5.55. The number of hydrogen-bond donors (Lipinski definition) is 0. The topological polar surface area (TPSA) is 18.5 Å². The Balaban J connectivity index is 2.54. The summed E-state index contributed by atoms with van der Waals surface area (Å²) in [6.07, 6.45) is 1.32. The second-order valence-corrected chi connectivity index (χ2v) is 12.2. The fourth-order valence-corrected chi connectivity index (χ4v) is 5.12. The van der Waals surface area contributed by atoms with Crippen LogP contribution < -0.4 is 0 Å². The van der Waals surface area contributed by atoms with E-state index in [1.807, 2.05) is 0 Å². The van der Waals surface area contributed by atoms with E-state index in [4.69, 9.17) is 20.9 Å². The van der Waals surface area contributed by atoms with Crippen molar-refractivity contribution in [2.75, 3.05) is 6.61 Å². The van der Waals surface area contributed by atoms with Gasteiger partial charge in [-0.3, -0.25) is 0 Å². The molecule has 60 valence electrons. The summed E-state index contributed by atoms with van der Waals surface area (Å²) in [5, 5.41) is -1.75. The second kappa shape index (κ2) is 3.66. The maximum atomic E-state index is 5.55. The second-order valence-electron chi connectivity index (χ2n) is 2.17. The van der Waals surface area contributed by atoms with Gasteiger partial charge in [-0.05, 0) is 0 Å². The fraction of sp³-hybridized carbons (Fsp3) is 1.00. The van der Waals surface area contributed by atoms with E-state index in [-0.39, 0.29) is 0 Å². The number of rotatable bonds is 1. The molecule has 1 heterocycles. The van der Waals surface area contributed by atoms with Crippen molar-refractivity contribution in [2.24, 2.45) is 0 Å². The fourth-order valence-electron chi connectivity index (χ4n) is 0.730. The zero-order valence-electron chi connectivity index (χ0n) is 6.07. The molecule has 1 aliphatic heterocycles. The van der Waals surface area contributed by atoms with Crippen molar-refractivity contribution < 1.29 is 9.05 Å². The van der Waals surface area contributed by atoms with Crippen molar-refractivity contribution >= 4 is 31.5 Å². The van der Waals surface area contributed by atoms with Gasteiger partial charge in [0.2, 0.25) is 0 Å². The van der Waals surface area contributed by atoms with E-state index >= 15 is 0 Å². The van der Waals surface area contributed by atoms with E-state index < -0.39 is 5.18 Å². The van der Waals surface area contributed by atoms with Crippen LogP contribution in [0.15, 0.2) is 0 Å². The van der Waals surface area contributed by atoms with Gasteiger partial charge in [0.1, 0.15) is 0 Å². The molecule has 5 heteroatoms. The Bertz CT molecular complexity index is 164. The van der Waals surface area contributed by atoms with E-state index in [0.717, 1.165) is 13.0 Å². The first-order valence-corrected chi connectivity index (χ1v) is 9.72. The molecule has 1 aliphatic rings. The Morgan fingerprint density at radius 1 is 1.70 bits per heavy atom. The van der Waals surface area contributed by atoms with Crippen molar-refractivity contribution in [3.8, 4) is 0 Å². The molecular weight excluding hydrogens is 234 g/mol. The average Bonchev–Trinajstić information content (AvgIpc) is 1.88. The minimum atomic E-state index is -1.75. The van der Waals surface area contributed by atoms with Crippen LogP contribution in [0.5, 0.6) is 0 Å². The van der Waals surface area contributed by atoms with Crippen LogP contribution in [0.25, 0.3) is 0 Å². The molecule has 10 heavy (non-hydrogen) atoms. The third kappa shape index (κ3) is 2.30. The molecule has 0 aromatic carbocycles. The Kier molecular flexibility index (Phi) is 3.36. The van der Waals surface area contributed by atoms with Crippen molar-refractivity contribution in [2.45, 2.75) is 25.3 Å². The monoisotopic (exact) mass is 246 g/mol. The van der Waals surface area contributed by atoms with Crippen LogP contribution in [0.2, 0.25) is 5.82 Å². The van der Waals surface area contributed by atoms with E-state index in [0.29, 0.717) is 20.6 Å². The molecule has 0 aromatic rings. The Labute approximate surface area is 72.6 Å². The van der Waals surface area contributed by atoms with Gasteiger partial charge in [-0.2, -0.15) is 0 Å². The van der Waals surface area contributed by atoms with Crippen LogP contribution in [-0.2, 0) is 20.9 Å². The summed E-state index contributed by atoms with van der Waals surface area (Å²) in [4.78, 5) is 0. The minimum absolute atomic E-state index is 0.321. The van der Waals surface area contributed by atoms with Crippen LogP contribution in [-0.4, -0.2) is 27.2 Å². The van der Waals surface area contributed by atoms with Crippen LogP contribution in [0.1, 0.15) is 13.3 Å². The molecule has 0 spiro atoms. The van der Waals surface area contributed by atoms with Gasteiger partial charge in [-0.25, -0.2) is 0 Å². The average molecular weight is 245 g/mol. The molecule has 0 amide bonds. The summed E-state index contributed by atoms with van der Waals surface area (Å²) in [7, 11) is 0. The Morgan fingerprint density at radius 2 is 2.40 bits per heavy atom. The normalized spacial score (nSPS) is 41.6. The third-order valence-corrected chi connectivity index (χ3v) is 9.79. The van der Waals surface area contributed by atoms with Crippen molar-refractivity contribution in [3.63, 3.8) is 0 Å². The van der Waals surface area contributed by atoms with Crippen molar-refractivity contribution in [3.05, 3.63) is 0 Å². The van der Waals surface area contributed by atoms with E-state index in [2.05, 4.69) is 12.7 Å². The molecule has 0 N–H and O–H groups in total. The predicted molar refractivity (Wildman–Crippen MR) is 47.0 cm³/mol. The summed E-state index contributed by atoms with van der Waals surface area (Å²) in [5.41, 5.74) is 0. The molecule has 0 aliphatic carbocycles. The van der Waals surface area contributed by atoms with Gasteiger partial charge in [-0.15, -0.1) is 0 Å². The van der Waals surface area contributed by atoms with Crippen molar-refractivity contribution in [1.82, 2.24) is 0 Å². The van der Waals surface area contributed by atoms with Gasteiger partial charge in [0.25, 0.3) is 0 Å². The summed E-state index contributed by atoms with van der Waals surface area (Å²) >= 11 is 5.57. The third-order valence-electron chi connectivity index (χ3n) is 1.31. The van der Waals surface area contributed by atoms with Gasteiger partial charge in [-0.1, -0.05) is 0 Å². The zero-order chi connectivity index (χ0) is 7.61. The van der Waals surface area contributed by atoms with Gasteiger partial charge in [0, 0.05) is 0 Å². The first-order valence-electron chi connectivity index (χ1n) is 3.15. The summed E-state index contributed by atoms with van der Waals surface area (Å²) < 4.78 is 11.0. The molecule has 1 saturated heterocycles. The Hall–Kier alpha value is 1.09.